The van der Waals surface area contributed by atoms with E-state index in [0.29, 0.717) is 5.56 Å². The van der Waals surface area contributed by atoms with Crippen LogP contribution in [0.1, 0.15) is 30.4 Å². The minimum absolute atomic E-state index is 0.0337. The Kier molecular flexibility index (Phi) is 4.79. The zero-order valence-electron chi connectivity index (χ0n) is 12.6. The Bertz CT molecular complexity index is 607. The van der Waals surface area contributed by atoms with Crippen LogP contribution in [0.15, 0.2) is 73.3 Å². The van der Waals surface area contributed by atoms with E-state index >= 15 is 0 Å². The molecule has 2 rings (SSSR count). The molecule has 0 saturated carbocycles. The molecule has 0 aliphatic rings. The van der Waals surface area contributed by atoms with Crippen molar-refractivity contribution in [2.45, 2.75) is 24.6 Å². The van der Waals surface area contributed by atoms with Gasteiger partial charge in [0.25, 0.3) is 0 Å². The molecule has 0 N–H and O–H groups in total. The fraction of sp³-hybridized carbons (Fsp3) is 0.222. The summed E-state index contributed by atoms with van der Waals surface area (Å²) in [7, 11) is 0. The largest absolute Gasteiger partial charge is 0.488 e. The monoisotopic (exact) mass is 303 g/mol. The molecule has 0 nitrogen and oxygen atoms in total. The summed E-state index contributed by atoms with van der Waals surface area (Å²) in [5, 5.41) is -1.85. The predicted molar refractivity (Wildman–Crippen MR) is 86.9 cm³/mol. The molecule has 2 aromatic carbocycles. The molecule has 0 unspecified atom stereocenters. The van der Waals surface area contributed by atoms with Gasteiger partial charge in [0, 0.05) is 0 Å². The van der Waals surface area contributed by atoms with E-state index in [2.05, 4.69) is 6.58 Å². The van der Waals surface area contributed by atoms with Gasteiger partial charge in [0.2, 0.25) is 0 Å². The summed E-state index contributed by atoms with van der Waals surface area (Å²) in [6.45, 7) is -0.0108. The normalized spacial score (nSPS) is 15.8. The maximum atomic E-state index is 13.8. The number of halogens is 3. The van der Waals surface area contributed by atoms with E-state index in [1.54, 1.807) is 36.4 Å². The van der Waals surface area contributed by atoms with Gasteiger partial charge in [0.1, 0.15) is 0 Å². The van der Waals surface area contributed by atoms with Crippen LogP contribution in [-0.4, -0.2) is 6.98 Å². The van der Waals surface area contributed by atoms with E-state index in [1.807, 2.05) is 30.3 Å². The molecule has 0 aromatic heterocycles. The molecule has 0 heterocycles. The lowest BCUT2D eigenvalue weighted by Gasteiger charge is -2.41. The van der Waals surface area contributed by atoms with Gasteiger partial charge in [-0.15, -0.1) is 6.58 Å². The second-order valence-corrected chi connectivity index (χ2v) is 5.82. The van der Waals surface area contributed by atoms with E-state index in [-0.39, 0.29) is 12.3 Å². The van der Waals surface area contributed by atoms with Crippen LogP contribution in [-0.2, 0) is 5.31 Å². The van der Waals surface area contributed by atoms with Gasteiger partial charge in [-0.1, -0.05) is 85.6 Å². The number of rotatable bonds is 6. The molecule has 22 heavy (non-hydrogen) atoms. The predicted octanol–water partition coefficient (Wildman–Crippen LogP) is 5.69. The van der Waals surface area contributed by atoms with E-state index in [0.717, 1.165) is 5.56 Å². The van der Waals surface area contributed by atoms with Crippen molar-refractivity contribution in [3.8, 4) is 0 Å². The van der Waals surface area contributed by atoms with Crippen LogP contribution in [0.3, 0.4) is 0 Å². The first-order valence-corrected chi connectivity index (χ1v) is 7.31. The van der Waals surface area contributed by atoms with Gasteiger partial charge in [0.15, 0.2) is 0 Å². The van der Waals surface area contributed by atoms with Crippen molar-refractivity contribution in [3.63, 3.8) is 0 Å². The Labute approximate surface area is 129 Å². The lowest BCUT2D eigenvalue weighted by molar-refractivity contribution is 0.357. The number of allylic oxidation sites excluding steroid dienone is 1. The third-order valence-corrected chi connectivity index (χ3v) is 4.31. The molecule has 0 saturated heterocycles. The Hall–Kier alpha value is -1.97. The number of hydrogen-bond donors (Lipinski definition) is 0. The zero-order valence-corrected chi connectivity index (χ0v) is 12.6. The van der Waals surface area contributed by atoms with Gasteiger partial charge >= 0.3 is 6.98 Å². The fourth-order valence-corrected chi connectivity index (χ4v) is 2.75. The summed E-state index contributed by atoms with van der Waals surface area (Å²) in [6.07, 6.45) is 1.58. The summed E-state index contributed by atoms with van der Waals surface area (Å²) < 4.78 is 41.5. The molecule has 4 heteroatoms. The molecular formula is C18H19BF3-. The van der Waals surface area contributed by atoms with Crippen LogP contribution in [0.25, 0.3) is 0 Å². The first-order chi connectivity index (χ1) is 10.4. The van der Waals surface area contributed by atoms with Crippen molar-refractivity contribution in [1.29, 1.82) is 0 Å². The lowest BCUT2D eigenvalue weighted by Crippen LogP contribution is -2.45. The summed E-state index contributed by atoms with van der Waals surface area (Å²) in [6, 6.07) is 17.4. The molecule has 0 spiro atoms. The zero-order chi connectivity index (χ0) is 16.2. The average molecular weight is 303 g/mol. The van der Waals surface area contributed by atoms with Gasteiger partial charge in [0.05, 0.1) is 0 Å². The molecule has 0 aliphatic heterocycles. The summed E-state index contributed by atoms with van der Waals surface area (Å²) in [5.74, 6) is -0.338. The third-order valence-electron chi connectivity index (χ3n) is 4.31. The molecule has 0 amide bonds. The van der Waals surface area contributed by atoms with Crippen molar-refractivity contribution in [2.75, 3.05) is 0 Å². The second-order valence-electron chi connectivity index (χ2n) is 5.82. The number of benzene rings is 2. The molecule has 2 aromatic rings. The first kappa shape index (κ1) is 16.4. The van der Waals surface area contributed by atoms with E-state index in [9.17, 15) is 12.9 Å². The minimum Gasteiger partial charge on any atom is -0.448 e. The molecule has 0 bridgehead atoms. The molecule has 0 radical (unpaired) electrons. The number of hydrogen-bond acceptors (Lipinski definition) is 0. The van der Waals surface area contributed by atoms with Gasteiger partial charge < -0.3 is 12.9 Å². The van der Waals surface area contributed by atoms with Crippen molar-refractivity contribution < 1.29 is 12.9 Å². The van der Waals surface area contributed by atoms with Crippen molar-refractivity contribution in [1.82, 2.24) is 0 Å². The second kappa shape index (κ2) is 6.43. The van der Waals surface area contributed by atoms with Crippen molar-refractivity contribution in [2.24, 2.45) is 0 Å². The van der Waals surface area contributed by atoms with Crippen molar-refractivity contribution >= 4 is 6.98 Å². The van der Waals surface area contributed by atoms with Gasteiger partial charge in [-0.05, 0) is 16.8 Å². The van der Waals surface area contributed by atoms with Crippen LogP contribution in [0, 0.1) is 0 Å². The fourth-order valence-electron chi connectivity index (χ4n) is 2.75. The van der Waals surface area contributed by atoms with Crippen LogP contribution >= 0.6 is 0 Å². The van der Waals surface area contributed by atoms with Gasteiger partial charge in [-0.2, -0.15) is 0 Å². The van der Waals surface area contributed by atoms with Crippen LogP contribution in [0.5, 0.6) is 0 Å². The smallest absolute Gasteiger partial charge is 0.448 e. The van der Waals surface area contributed by atoms with Crippen LogP contribution in [0.4, 0.5) is 12.9 Å². The Morgan fingerprint density at radius 3 is 1.95 bits per heavy atom. The highest BCUT2D eigenvalue weighted by Gasteiger charge is 2.47. The third kappa shape index (κ3) is 3.27. The lowest BCUT2D eigenvalue weighted by atomic mass is 9.52. The maximum Gasteiger partial charge on any atom is 0.488 e. The minimum atomic E-state index is -5.04. The van der Waals surface area contributed by atoms with E-state index < -0.39 is 12.3 Å². The topological polar surface area (TPSA) is 0 Å². The van der Waals surface area contributed by atoms with Crippen molar-refractivity contribution in [3.05, 3.63) is 84.4 Å². The standard InChI is InChI=1S/C18H19BF3/c1-3-15(16-10-6-4-7-11-16)14-18(2,19(20,21)22)17-12-8-5-9-13-17/h3-13,15H,1,14H2,2H3/q-1/t15-,18-/m1/s1. The molecule has 0 fully saturated rings. The molecule has 2 atom stereocenters. The van der Waals surface area contributed by atoms with Crippen LogP contribution < -0.4 is 0 Å². The first-order valence-electron chi connectivity index (χ1n) is 7.31. The average Bonchev–Trinajstić information content (AvgIpc) is 2.53. The van der Waals surface area contributed by atoms with Crippen LogP contribution in [0.2, 0.25) is 0 Å². The van der Waals surface area contributed by atoms with Gasteiger partial charge in [-0.3, -0.25) is 0 Å². The quantitative estimate of drug-likeness (QED) is 0.475. The summed E-state index contributed by atoms with van der Waals surface area (Å²) in [5.41, 5.74) is 1.17. The molecule has 0 aliphatic carbocycles. The highest BCUT2D eigenvalue weighted by molar-refractivity contribution is 6.62. The summed E-state index contributed by atoms with van der Waals surface area (Å²) in [4.78, 5) is 0. The maximum absolute atomic E-state index is 13.8. The Morgan fingerprint density at radius 2 is 1.50 bits per heavy atom. The SMILES string of the molecule is C=C[C@H](C[C@](C)(c1ccccc1)[B-](F)(F)F)c1ccccc1. The molecule has 116 valence electrons. The highest BCUT2D eigenvalue weighted by atomic mass is 19.4. The Morgan fingerprint density at radius 1 is 1.00 bits per heavy atom. The highest BCUT2D eigenvalue weighted by Crippen LogP contribution is 2.44. The molecular weight excluding hydrogens is 284 g/mol. The van der Waals surface area contributed by atoms with E-state index in [1.165, 1.54) is 6.92 Å². The summed E-state index contributed by atoms with van der Waals surface area (Å²) >= 11 is 0. The van der Waals surface area contributed by atoms with Gasteiger partial charge in [-0.25, -0.2) is 0 Å². The Balaban J connectivity index is 2.41. The van der Waals surface area contributed by atoms with E-state index in [4.69, 9.17) is 0 Å².